The number of aliphatic imine (C=N–C) groups is 1. The van der Waals surface area contributed by atoms with Gasteiger partial charge in [-0.1, -0.05) is 11.8 Å². The van der Waals surface area contributed by atoms with Gasteiger partial charge in [-0.05, 0) is 24.5 Å². The minimum Gasteiger partial charge on any atom is -0.478 e. The number of carboxylic acids is 1. The first-order valence-electron chi connectivity index (χ1n) is 5.27. The molecule has 0 saturated carbocycles. The molecule has 0 aliphatic heterocycles. The lowest BCUT2D eigenvalue weighted by molar-refractivity contribution is 0.0601. The number of thioether (sulfide) groups is 1. The molecule has 0 bridgehead atoms. The van der Waals surface area contributed by atoms with Crippen molar-refractivity contribution in [2.75, 3.05) is 13.4 Å². The maximum Gasteiger partial charge on any atom is 0.337 e. The lowest BCUT2D eigenvalue weighted by Gasteiger charge is -2.06. The number of carboxylic acid groups (broad SMARTS) is 1. The summed E-state index contributed by atoms with van der Waals surface area (Å²) < 4.78 is 4.52. The lowest BCUT2D eigenvalue weighted by atomic mass is 10.1. The predicted molar refractivity (Wildman–Crippen MR) is 74.1 cm³/mol. The van der Waals surface area contributed by atoms with Gasteiger partial charge in [-0.3, -0.25) is 5.32 Å². The molecule has 7 nitrogen and oxygen atoms in total. The van der Waals surface area contributed by atoms with E-state index in [0.29, 0.717) is 0 Å². The van der Waals surface area contributed by atoms with Crippen LogP contribution in [0.2, 0.25) is 0 Å². The highest BCUT2D eigenvalue weighted by atomic mass is 32.2. The van der Waals surface area contributed by atoms with Crippen molar-refractivity contribution >= 4 is 34.6 Å². The fourth-order valence-corrected chi connectivity index (χ4v) is 1.67. The second-order valence-electron chi connectivity index (χ2n) is 3.39. The van der Waals surface area contributed by atoms with Crippen LogP contribution in [-0.4, -0.2) is 35.6 Å². The molecule has 1 rings (SSSR count). The highest BCUT2D eigenvalue weighted by Crippen LogP contribution is 2.22. The fourth-order valence-electron chi connectivity index (χ4n) is 1.33. The van der Waals surface area contributed by atoms with E-state index in [1.807, 2.05) is 0 Å². The van der Waals surface area contributed by atoms with E-state index in [9.17, 15) is 9.59 Å². The molecule has 1 aromatic rings. The molecule has 104 valence electrons. The van der Waals surface area contributed by atoms with Gasteiger partial charge in [0, 0.05) is 0 Å². The number of amidine groups is 1. The summed E-state index contributed by atoms with van der Waals surface area (Å²) in [6, 6.07) is 3.96. The van der Waals surface area contributed by atoms with Crippen LogP contribution in [0.4, 0.5) is 5.69 Å². The van der Waals surface area contributed by atoms with Crippen LogP contribution >= 0.6 is 11.8 Å². The first kappa shape index (κ1) is 15.5. The zero-order chi connectivity index (χ0) is 15.1. The molecule has 2 N–H and O–H groups in total. The van der Waals surface area contributed by atoms with Crippen LogP contribution in [0.15, 0.2) is 23.2 Å². The van der Waals surface area contributed by atoms with Crippen LogP contribution < -0.4 is 5.32 Å². The van der Waals surface area contributed by atoms with Gasteiger partial charge >= 0.3 is 11.9 Å². The lowest BCUT2D eigenvalue weighted by Crippen LogP contribution is -2.13. The zero-order valence-corrected chi connectivity index (χ0v) is 11.5. The first-order valence-corrected chi connectivity index (χ1v) is 6.49. The van der Waals surface area contributed by atoms with Gasteiger partial charge in [0.25, 0.3) is 0 Å². The summed E-state index contributed by atoms with van der Waals surface area (Å²) >= 11 is 1.16. The van der Waals surface area contributed by atoms with E-state index >= 15 is 0 Å². The molecule has 0 saturated heterocycles. The van der Waals surface area contributed by atoms with E-state index in [0.717, 1.165) is 11.8 Å². The van der Waals surface area contributed by atoms with Gasteiger partial charge in [0.15, 0.2) is 11.4 Å². The molecule has 0 amide bonds. The second-order valence-corrected chi connectivity index (χ2v) is 4.18. The van der Waals surface area contributed by atoms with E-state index in [2.05, 4.69) is 15.0 Å². The van der Waals surface area contributed by atoms with E-state index in [-0.39, 0.29) is 22.0 Å². The van der Waals surface area contributed by atoms with Crippen molar-refractivity contribution < 1.29 is 19.4 Å². The summed E-state index contributed by atoms with van der Waals surface area (Å²) in [6.07, 6.45) is 3.39. The Bertz CT molecular complexity index is 607. The number of nitrogens with zero attached hydrogens (tertiary/aromatic N) is 2. The van der Waals surface area contributed by atoms with Crippen molar-refractivity contribution in [3.63, 3.8) is 0 Å². The number of nitrogens with one attached hydrogen (secondary N) is 1. The smallest absolute Gasteiger partial charge is 0.337 e. The van der Waals surface area contributed by atoms with E-state index < -0.39 is 11.9 Å². The highest BCUT2D eigenvalue weighted by molar-refractivity contribution is 8.13. The zero-order valence-electron chi connectivity index (χ0n) is 10.7. The molecule has 1 aromatic carbocycles. The van der Waals surface area contributed by atoms with Crippen LogP contribution in [0, 0.1) is 11.5 Å². The third-order valence-corrected chi connectivity index (χ3v) is 2.81. The van der Waals surface area contributed by atoms with Gasteiger partial charge < -0.3 is 9.84 Å². The molecule has 8 heteroatoms. The van der Waals surface area contributed by atoms with Crippen LogP contribution in [-0.2, 0) is 4.74 Å². The van der Waals surface area contributed by atoms with E-state index in [4.69, 9.17) is 10.4 Å². The molecule has 0 spiro atoms. The maximum atomic E-state index is 11.4. The van der Waals surface area contributed by atoms with Gasteiger partial charge in [-0.15, -0.1) is 0 Å². The fraction of sp³-hybridized carbons (Fsp3) is 0.167. The van der Waals surface area contributed by atoms with Crippen molar-refractivity contribution in [1.82, 2.24) is 5.32 Å². The van der Waals surface area contributed by atoms with Crippen molar-refractivity contribution in [1.29, 1.82) is 5.26 Å². The Balaban J connectivity index is 3.31. The Morgan fingerprint density at radius 2 is 2.20 bits per heavy atom. The average Bonchev–Trinajstić information content (AvgIpc) is 2.45. The number of carbonyl (C=O) groups excluding carboxylic acids is 1. The number of benzene rings is 1. The Kier molecular flexibility index (Phi) is 5.56. The third kappa shape index (κ3) is 3.73. The summed E-state index contributed by atoms with van der Waals surface area (Å²) in [5.74, 6) is -1.87. The number of esters is 1. The molecule has 0 aliphatic rings. The molecule has 0 radical (unpaired) electrons. The quantitative estimate of drug-likeness (QED) is 0.286. The second kappa shape index (κ2) is 7.16. The van der Waals surface area contributed by atoms with Crippen molar-refractivity contribution in [3.8, 4) is 6.19 Å². The molecule has 0 heterocycles. The summed E-state index contributed by atoms with van der Waals surface area (Å²) in [7, 11) is 1.21. The summed E-state index contributed by atoms with van der Waals surface area (Å²) in [5.41, 5.74) is 0.0965. The normalized spacial score (nSPS) is 10.6. The van der Waals surface area contributed by atoms with E-state index in [1.165, 1.54) is 25.3 Å². The summed E-state index contributed by atoms with van der Waals surface area (Å²) in [5, 5.41) is 20.3. The Morgan fingerprint density at radius 3 is 2.70 bits per heavy atom. The van der Waals surface area contributed by atoms with Gasteiger partial charge in [0.1, 0.15) is 0 Å². The van der Waals surface area contributed by atoms with Crippen molar-refractivity contribution in [2.24, 2.45) is 4.99 Å². The van der Waals surface area contributed by atoms with Gasteiger partial charge in [0.05, 0.1) is 23.9 Å². The SMILES string of the molecule is COC(=O)c1ccc(N=C(NC#N)SC)c(C(=O)O)c1. The van der Waals surface area contributed by atoms with Crippen LogP contribution in [0.3, 0.4) is 0 Å². The van der Waals surface area contributed by atoms with Gasteiger partial charge in [-0.2, -0.15) is 5.26 Å². The third-order valence-electron chi connectivity index (χ3n) is 2.23. The molecule has 0 aromatic heterocycles. The molecule has 20 heavy (non-hydrogen) atoms. The van der Waals surface area contributed by atoms with Crippen LogP contribution in [0.25, 0.3) is 0 Å². The Labute approximate surface area is 119 Å². The molecule has 0 unspecified atom stereocenters. The monoisotopic (exact) mass is 293 g/mol. The van der Waals surface area contributed by atoms with Crippen LogP contribution in [0.1, 0.15) is 20.7 Å². The first-order chi connectivity index (χ1) is 9.53. The number of hydrogen-bond acceptors (Lipinski definition) is 6. The molecular weight excluding hydrogens is 282 g/mol. The Hall–Kier alpha value is -2.53. The maximum absolute atomic E-state index is 11.4. The minimum absolute atomic E-state index is 0.114. The largest absolute Gasteiger partial charge is 0.478 e. The minimum atomic E-state index is -1.23. The van der Waals surface area contributed by atoms with Crippen LogP contribution in [0.5, 0.6) is 0 Å². The number of rotatable bonds is 3. The van der Waals surface area contributed by atoms with E-state index in [1.54, 1.807) is 12.4 Å². The summed E-state index contributed by atoms with van der Waals surface area (Å²) in [4.78, 5) is 26.6. The van der Waals surface area contributed by atoms with Crippen molar-refractivity contribution in [3.05, 3.63) is 29.3 Å². The van der Waals surface area contributed by atoms with Gasteiger partial charge in [0.2, 0.25) is 0 Å². The molecular formula is C12H11N3O4S. The number of nitriles is 1. The number of aromatic carboxylic acids is 1. The number of hydrogen-bond donors (Lipinski definition) is 2. The standard InChI is InChI=1S/C12H11N3O4S/c1-19-11(18)7-3-4-9(8(5-7)10(16)17)15-12(20-2)14-6-13/h3-5H,1-2H3,(H,14,15)(H,16,17). The summed E-state index contributed by atoms with van der Waals surface area (Å²) in [6.45, 7) is 0. The predicted octanol–water partition coefficient (Wildman–Crippen LogP) is 1.59. The highest BCUT2D eigenvalue weighted by Gasteiger charge is 2.15. The Morgan fingerprint density at radius 1 is 1.50 bits per heavy atom. The topological polar surface area (TPSA) is 112 Å². The van der Waals surface area contributed by atoms with Crippen molar-refractivity contribution in [2.45, 2.75) is 0 Å². The molecule has 0 atom stereocenters. The molecule has 0 aliphatic carbocycles. The molecule has 0 fully saturated rings. The number of methoxy groups -OCH3 is 1. The average molecular weight is 293 g/mol. The number of carbonyl (C=O) groups is 2. The number of ether oxygens (including phenoxy) is 1. The van der Waals surface area contributed by atoms with Gasteiger partial charge in [-0.25, -0.2) is 14.6 Å².